The lowest BCUT2D eigenvalue weighted by atomic mass is 10.0. The van der Waals surface area contributed by atoms with Crippen LogP contribution >= 0.6 is 0 Å². The zero-order valence-electron chi connectivity index (χ0n) is 11.5. The first-order valence-electron chi connectivity index (χ1n) is 6.51. The third-order valence-corrected chi connectivity index (χ3v) is 3.23. The molecule has 20 heavy (non-hydrogen) atoms. The Bertz CT molecular complexity index is 599. The molecule has 0 radical (unpaired) electrons. The SMILES string of the molecule is CC(O)c1ccccc1NC(C)c1ccc(O)cc1F. The summed E-state index contributed by atoms with van der Waals surface area (Å²) in [5.41, 5.74) is 1.99. The van der Waals surface area contributed by atoms with E-state index in [-0.39, 0.29) is 11.8 Å². The highest BCUT2D eigenvalue weighted by Gasteiger charge is 2.14. The van der Waals surface area contributed by atoms with Crippen molar-refractivity contribution in [3.8, 4) is 5.75 Å². The van der Waals surface area contributed by atoms with Gasteiger partial charge < -0.3 is 15.5 Å². The summed E-state index contributed by atoms with van der Waals surface area (Å²) in [4.78, 5) is 0. The molecular formula is C16H18FNO2. The van der Waals surface area contributed by atoms with E-state index >= 15 is 0 Å². The molecule has 2 unspecified atom stereocenters. The van der Waals surface area contributed by atoms with Gasteiger partial charge in [0.15, 0.2) is 0 Å². The molecule has 0 heterocycles. The Labute approximate surface area is 117 Å². The van der Waals surface area contributed by atoms with Crippen LogP contribution in [0, 0.1) is 5.82 Å². The predicted molar refractivity (Wildman–Crippen MR) is 77.2 cm³/mol. The molecule has 0 spiro atoms. The number of phenolic OH excluding ortho intramolecular Hbond substituents is 1. The van der Waals surface area contributed by atoms with Crippen molar-refractivity contribution in [1.82, 2.24) is 0 Å². The van der Waals surface area contributed by atoms with Gasteiger partial charge in [-0.1, -0.05) is 24.3 Å². The summed E-state index contributed by atoms with van der Waals surface area (Å²) in [6, 6.07) is 11.2. The molecule has 0 aromatic heterocycles. The van der Waals surface area contributed by atoms with Crippen LogP contribution in [0.2, 0.25) is 0 Å². The van der Waals surface area contributed by atoms with Crippen LogP contribution in [0.4, 0.5) is 10.1 Å². The maximum absolute atomic E-state index is 13.8. The number of hydrogen-bond donors (Lipinski definition) is 3. The van der Waals surface area contributed by atoms with Gasteiger partial charge in [-0.2, -0.15) is 0 Å². The van der Waals surface area contributed by atoms with Crippen molar-refractivity contribution in [1.29, 1.82) is 0 Å². The molecule has 0 bridgehead atoms. The van der Waals surface area contributed by atoms with E-state index in [0.717, 1.165) is 17.3 Å². The molecule has 0 aliphatic heterocycles. The molecule has 0 fully saturated rings. The molecule has 0 aliphatic carbocycles. The number of phenols is 1. The monoisotopic (exact) mass is 275 g/mol. The first-order valence-corrected chi connectivity index (χ1v) is 6.51. The number of benzene rings is 2. The quantitative estimate of drug-likeness (QED) is 0.796. The Morgan fingerprint density at radius 3 is 2.40 bits per heavy atom. The van der Waals surface area contributed by atoms with E-state index in [1.165, 1.54) is 6.07 Å². The number of aromatic hydroxyl groups is 1. The molecule has 0 saturated heterocycles. The average molecular weight is 275 g/mol. The second-order valence-corrected chi connectivity index (χ2v) is 4.84. The van der Waals surface area contributed by atoms with Crippen LogP contribution in [0.25, 0.3) is 0 Å². The fraction of sp³-hybridized carbons (Fsp3) is 0.250. The molecule has 2 rings (SSSR count). The van der Waals surface area contributed by atoms with Crippen LogP contribution in [0.15, 0.2) is 42.5 Å². The fourth-order valence-corrected chi connectivity index (χ4v) is 2.17. The zero-order valence-corrected chi connectivity index (χ0v) is 11.5. The highest BCUT2D eigenvalue weighted by Crippen LogP contribution is 2.28. The fourth-order valence-electron chi connectivity index (χ4n) is 2.17. The van der Waals surface area contributed by atoms with E-state index in [1.54, 1.807) is 13.0 Å². The predicted octanol–water partition coefficient (Wildman–Crippen LogP) is 3.76. The number of halogens is 1. The van der Waals surface area contributed by atoms with Gasteiger partial charge in [0.25, 0.3) is 0 Å². The van der Waals surface area contributed by atoms with E-state index < -0.39 is 11.9 Å². The van der Waals surface area contributed by atoms with Crippen LogP contribution in [-0.4, -0.2) is 10.2 Å². The Kier molecular flexibility index (Phi) is 4.25. The second-order valence-electron chi connectivity index (χ2n) is 4.84. The van der Waals surface area contributed by atoms with Crippen molar-refractivity contribution in [2.24, 2.45) is 0 Å². The summed E-state index contributed by atoms with van der Waals surface area (Å²) < 4.78 is 13.8. The molecule has 3 nitrogen and oxygen atoms in total. The molecule has 2 aromatic rings. The summed E-state index contributed by atoms with van der Waals surface area (Å²) in [5, 5.41) is 22.2. The lowest BCUT2D eigenvalue weighted by Crippen LogP contribution is -2.10. The van der Waals surface area contributed by atoms with Gasteiger partial charge in [-0.3, -0.25) is 0 Å². The van der Waals surface area contributed by atoms with Crippen molar-refractivity contribution < 1.29 is 14.6 Å². The Morgan fingerprint density at radius 2 is 1.75 bits per heavy atom. The lowest BCUT2D eigenvalue weighted by molar-refractivity contribution is 0.200. The number of nitrogens with one attached hydrogen (secondary N) is 1. The number of hydrogen-bond acceptors (Lipinski definition) is 3. The van der Waals surface area contributed by atoms with Gasteiger partial charge in [0.2, 0.25) is 0 Å². The van der Waals surface area contributed by atoms with Gasteiger partial charge >= 0.3 is 0 Å². The van der Waals surface area contributed by atoms with Gasteiger partial charge in [0.05, 0.1) is 12.1 Å². The zero-order chi connectivity index (χ0) is 14.7. The van der Waals surface area contributed by atoms with Crippen molar-refractivity contribution in [2.75, 3.05) is 5.32 Å². The van der Waals surface area contributed by atoms with E-state index in [1.807, 2.05) is 31.2 Å². The third kappa shape index (κ3) is 3.08. The molecule has 0 aliphatic rings. The third-order valence-electron chi connectivity index (χ3n) is 3.23. The van der Waals surface area contributed by atoms with E-state index in [2.05, 4.69) is 5.32 Å². The normalized spacial score (nSPS) is 13.8. The van der Waals surface area contributed by atoms with Gasteiger partial charge in [0, 0.05) is 22.9 Å². The molecule has 0 saturated carbocycles. The Morgan fingerprint density at radius 1 is 1.05 bits per heavy atom. The van der Waals surface area contributed by atoms with Gasteiger partial charge in [0.1, 0.15) is 11.6 Å². The first kappa shape index (κ1) is 14.3. The Balaban J connectivity index is 2.26. The molecule has 106 valence electrons. The van der Waals surface area contributed by atoms with Crippen molar-refractivity contribution >= 4 is 5.69 Å². The van der Waals surface area contributed by atoms with E-state index in [4.69, 9.17) is 0 Å². The largest absolute Gasteiger partial charge is 0.508 e. The number of rotatable bonds is 4. The number of aliphatic hydroxyl groups excluding tert-OH is 1. The molecule has 0 amide bonds. The Hall–Kier alpha value is -2.07. The van der Waals surface area contributed by atoms with Gasteiger partial charge in [-0.25, -0.2) is 4.39 Å². The summed E-state index contributed by atoms with van der Waals surface area (Å²) in [5.74, 6) is -0.553. The van der Waals surface area contributed by atoms with Crippen LogP contribution in [0.3, 0.4) is 0 Å². The lowest BCUT2D eigenvalue weighted by Gasteiger charge is -2.20. The average Bonchev–Trinajstić information content (AvgIpc) is 2.38. The summed E-state index contributed by atoms with van der Waals surface area (Å²) in [6.45, 7) is 3.51. The van der Waals surface area contributed by atoms with Gasteiger partial charge in [-0.15, -0.1) is 0 Å². The van der Waals surface area contributed by atoms with Crippen LogP contribution in [-0.2, 0) is 0 Å². The number of anilines is 1. The molecular weight excluding hydrogens is 257 g/mol. The van der Waals surface area contributed by atoms with Crippen LogP contribution in [0.5, 0.6) is 5.75 Å². The van der Waals surface area contributed by atoms with Crippen molar-refractivity contribution in [2.45, 2.75) is 26.0 Å². The molecule has 2 atom stereocenters. The maximum Gasteiger partial charge on any atom is 0.132 e. The molecule has 2 aromatic carbocycles. The summed E-state index contributed by atoms with van der Waals surface area (Å²) in [6.07, 6.45) is -0.601. The standard InChI is InChI=1S/C16H18FNO2/c1-10(13-8-7-12(20)9-15(13)17)18-16-6-4-3-5-14(16)11(2)19/h3-11,18-20H,1-2H3. The van der Waals surface area contributed by atoms with Crippen LogP contribution < -0.4 is 5.32 Å². The molecule has 4 heteroatoms. The minimum atomic E-state index is -0.601. The number of para-hydroxylation sites is 1. The van der Waals surface area contributed by atoms with Crippen LogP contribution in [0.1, 0.15) is 37.1 Å². The van der Waals surface area contributed by atoms with Crippen molar-refractivity contribution in [3.05, 3.63) is 59.4 Å². The molecule has 3 N–H and O–H groups in total. The first-order chi connectivity index (χ1) is 9.49. The van der Waals surface area contributed by atoms with Gasteiger partial charge in [-0.05, 0) is 26.0 Å². The second kappa shape index (κ2) is 5.92. The highest BCUT2D eigenvalue weighted by atomic mass is 19.1. The van der Waals surface area contributed by atoms with Crippen molar-refractivity contribution in [3.63, 3.8) is 0 Å². The van der Waals surface area contributed by atoms with E-state index in [9.17, 15) is 14.6 Å². The number of aliphatic hydroxyl groups is 1. The minimum absolute atomic E-state index is 0.0946. The minimum Gasteiger partial charge on any atom is -0.508 e. The topological polar surface area (TPSA) is 52.5 Å². The summed E-state index contributed by atoms with van der Waals surface area (Å²) in [7, 11) is 0. The smallest absolute Gasteiger partial charge is 0.132 e. The van der Waals surface area contributed by atoms with E-state index in [0.29, 0.717) is 5.56 Å². The maximum atomic E-state index is 13.8. The highest BCUT2D eigenvalue weighted by molar-refractivity contribution is 5.53. The summed E-state index contributed by atoms with van der Waals surface area (Å²) >= 11 is 0.